The van der Waals surface area contributed by atoms with Gasteiger partial charge in [-0.25, -0.2) is 4.99 Å². The van der Waals surface area contributed by atoms with Crippen LogP contribution in [-0.2, 0) is 16.1 Å². The number of carbonyl (C=O) groups is 1. The molecule has 1 aromatic rings. The molecular weight excluding hydrogens is 384 g/mol. The summed E-state index contributed by atoms with van der Waals surface area (Å²) in [6.45, 7) is 5.08. The molecule has 1 aromatic carbocycles. The van der Waals surface area contributed by atoms with Crippen molar-refractivity contribution in [2.45, 2.75) is 26.3 Å². The van der Waals surface area contributed by atoms with Crippen molar-refractivity contribution in [1.29, 1.82) is 0 Å². The molecule has 0 spiro atoms. The van der Waals surface area contributed by atoms with Crippen LogP contribution >= 0.6 is 15.9 Å². The lowest BCUT2D eigenvalue weighted by Crippen LogP contribution is -2.43. The quantitative estimate of drug-likeness (QED) is 0.351. The lowest BCUT2D eigenvalue weighted by atomic mass is 10.2. The molecule has 0 fully saturated rings. The van der Waals surface area contributed by atoms with Crippen molar-refractivity contribution in [3.63, 3.8) is 0 Å². The van der Waals surface area contributed by atoms with E-state index in [1.165, 1.54) is 0 Å². The maximum absolute atomic E-state index is 11.8. The Morgan fingerprint density at radius 2 is 1.92 bits per heavy atom. The van der Waals surface area contributed by atoms with Crippen LogP contribution in [0.1, 0.15) is 25.3 Å². The van der Waals surface area contributed by atoms with Crippen molar-refractivity contribution in [2.75, 3.05) is 40.4 Å². The van der Waals surface area contributed by atoms with Gasteiger partial charge in [-0.1, -0.05) is 28.1 Å². The van der Waals surface area contributed by atoms with E-state index in [0.717, 1.165) is 42.6 Å². The Morgan fingerprint density at radius 1 is 1.20 bits per heavy atom. The maximum Gasteiger partial charge on any atom is 0.241 e. The van der Waals surface area contributed by atoms with Crippen LogP contribution in [0.15, 0.2) is 33.7 Å². The minimum absolute atomic E-state index is 0.00878. The molecule has 7 heteroatoms. The molecule has 1 amide bonds. The zero-order valence-electron chi connectivity index (χ0n) is 15.3. The number of likely N-dealkylation sites (N-methyl/N-ethyl adjacent to an activating group) is 1. The predicted molar refractivity (Wildman–Crippen MR) is 106 cm³/mol. The van der Waals surface area contributed by atoms with Gasteiger partial charge in [0.25, 0.3) is 0 Å². The number of benzene rings is 1. The van der Waals surface area contributed by atoms with Crippen LogP contribution in [0.2, 0.25) is 0 Å². The molecule has 25 heavy (non-hydrogen) atoms. The first-order chi connectivity index (χ1) is 12.0. The summed E-state index contributed by atoms with van der Waals surface area (Å²) in [7, 11) is 3.48. The number of carbonyl (C=O) groups excluding carboxylic acids is 1. The summed E-state index contributed by atoms with van der Waals surface area (Å²) < 4.78 is 6.38. The number of unbranched alkanes of at least 4 members (excludes halogenated alkanes) is 1. The van der Waals surface area contributed by atoms with Gasteiger partial charge in [0.1, 0.15) is 0 Å². The summed E-state index contributed by atoms with van der Waals surface area (Å²) in [5, 5.41) is 6.37. The van der Waals surface area contributed by atoms with Gasteiger partial charge in [0.05, 0.1) is 13.1 Å². The zero-order valence-corrected chi connectivity index (χ0v) is 16.9. The molecule has 0 aliphatic rings. The number of amides is 1. The number of hydrogen-bond donors (Lipinski definition) is 2. The minimum atomic E-state index is 0.00878. The summed E-state index contributed by atoms with van der Waals surface area (Å²) in [4.78, 5) is 17.9. The number of rotatable bonds is 10. The third-order valence-electron chi connectivity index (χ3n) is 3.45. The van der Waals surface area contributed by atoms with Crippen LogP contribution in [0.3, 0.4) is 0 Å². The van der Waals surface area contributed by atoms with Gasteiger partial charge in [-0.3, -0.25) is 4.79 Å². The Kier molecular flexibility index (Phi) is 10.9. The summed E-state index contributed by atoms with van der Waals surface area (Å²) >= 11 is 3.43. The molecule has 140 valence electrons. The molecule has 2 N–H and O–H groups in total. The first-order valence-corrected chi connectivity index (χ1v) is 9.36. The van der Waals surface area contributed by atoms with E-state index in [1.54, 1.807) is 19.0 Å². The summed E-state index contributed by atoms with van der Waals surface area (Å²) in [5.41, 5.74) is 1.11. The highest BCUT2D eigenvalue weighted by Gasteiger charge is 2.05. The molecule has 0 aliphatic heterocycles. The Labute approximate surface area is 159 Å². The molecule has 0 radical (unpaired) electrons. The average molecular weight is 413 g/mol. The molecule has 0 atom stereocenters. The fourth-order valence-electron chi connectivity index (χ4n) is 1.93. The van der Waals surface area contributed by atoms with Crippen LogP contribution in [0.25, 0.3) is 0 Å². The van der Waals surface area contributed by atoms with Crippen molar-refractivity contribution in [3.8, 4) is 0 Å². The van der Waals surface area contributed by atoms with Crippen LogP contribution in [0.5, 0.6) is 0 Å². The maximum atomic E-state index is 11.8. The number of guanidine groups is 1. The smallest absolute Gasteiger partial charge is 0.241 e. The van der Waals surface area contributed by atoms with Gasteiger partial charge in [-0.05, 0) is 37.5 Å². The van der Waals surface area contributed by atoms with E-state index in [4.69, 9.17) is 4.74 Å². The van der Waals surface area contributed by atoms with E-state index < -0.39 is 0 Å². The number of nitrogens with zero attached hydrogens (tertiary/aromatic N) is 2. The van der Waals surface area contributed by atoms with E-state index >= 15 is 0 Å². The van der Waals surface area contributed by atoms with E-state index in [2.05, 4.69) is 31.6 Å². The van der Waals surface area contributed by atoms with Crippen molar-refractivity contribution in [3.05, 3.63) is 34.3 Å². The number of hydrogen-bond acceptors (Lipinski definition) is 3. The van der Waals surface area contributed by atoms with Gasteiger partial charge in [0.15, 0.2) is 5.96 Å². The molecule has 6 nitrogen and oxygen atoms in total. The molecule has 0 saturated heterocycles. The van der Waals surface area contributed by atoms with Crippen molar-refractivity contribution < 1.29 is 9.53 Å². The summed E-state index contributed by atoms with van der Waals surface area (Å²) in [5.74, 6) is 0.656. The second-order valence-electron chi connectivity index (χ2n) is 5.76. The van der Waals surface area contributed by atoms with Crippen molar-refractivity contribution in [1.82, 2.24) is 15.5 Å². The molecule has 0 saturated carbocycles. The topological polar surface area (TPSA) is 66.0 Å². The molecule has 1 rings (SSSR count). The largest absolute Gasteiger partial charge is 0.382 e. The first-order valence-electron chi connectivity index (χ1n) is 8.57. The van der Waals surface area contributed by atoms with Gasteiger partial charge >= 0.3 is 0 Å². The number of halogens is 1. The van der Waals surface area contributed by atoms with Crippen LogP contribution in [0.4, 0.5) is 0 Å². The Hall–Kier alpha value is -1.60. The fourth-order valence-corrected chi connectivity index (χ4v) is 2.20. The highest BCUT2D eigenvalue weighted by atomic mass is 79.9. The lowest BCUT2D eigenvalue weighted by molar-refractivity contribution is -0.127. The average Bonchev–Trinajstić information content (AvgIpc) is 2.60. The van der Waals surface area contributed by atoms with Gasteiger partial charge < -0.3 is 20.3 Å². The van der Waals surface area contributed by atoms with Gasteiger partial charge in [-0.15, -0.1) is 0 Å². The molecular formula is C18H29BrN4O2. The first kappa shape index (κ1) is 21.4. The summed E-state index contributed by atoms with van der Waals surface area (Å²) in [6, 6.07) is 8.04. The highest BCUT2D eigenvalue weighted by Crippen LogP contribution is 2.11. The Balaban J connectivity index is 2.52. The van der Waals surface area contributed by atoms with Crippen molar-refractivity contribution in [2.24, 2.45) is 4.99 Å². The van der Waals surface area contributed by atoms with E-state index in [1.807, 2.05) is 31.2 Å². The second-order valence-corrected chi connectivity index (χ2v) is 6.68. The minimum Gasteiger partial charge on any atom is -0.382 e. The van der Waals surface area contributed by atoms with Gasteiger partial charge in [0, 0.05) is 38.3 Å². The zero-order chi connectivity index (χ0) is 18.5. The van der Waals surface area contributed by atoms with E-state index in [0.29, 0.717) is 12.5 Å². The fraction of sp³-hybridized carbons (Fsp3) is 0.556. The normalized spacial score (nSPS) is 11.3. The monoisotopic (exact) mass is 412 g/mol. The van der Waals surface area contributed by atoms with Crippen LogP contribution < -0.4 is 10.6 Å². The van der Waals surface area contributed by atoms with Gasteiger partial charge in [0.2, 0.25) is 5.91 Å². The molecule has 0 aromatic heterocycles. The second kappa shape index (κ2) is 12.7. The van der Waals surface area contributed by atoms with E-state index in [9.17, 15) is 4.79 Å². The molecule has 0 unspecified atom stereocenters. The third kappa shape index (κ3) is 10.1. The highest BCUT2D eigenvalue weighted by molar-refractivity contribution is 9.10. The number of nitrogens with one attached hydrogen (secondary N) is 2. The lowest BCUT2D eigenvalue weighted by Gasteiger charge is -2.15. The number of ether oxygens (including phenoxy) is 1. The summed E-state index contributed by atoms with van der Waals surface area (Å²) in [6.07, 6.45) is 1.98. The standard InChI is InChI=1S/C18H29BrN4O2/c1-4-25-12-6-5-11-20-18(22-14-17(24)23(2)3)21-13-15-7-9-16(19)10-8-15/h7-10H,4-6,11-14H2,1-3H3,(H2,20,21,22). The Bertz CT molecular complexity index is 532. The third-order valence-corrected chi connectivity index (χ3v) is 3.98. The molecule has 0 aliphatic carbocycles. The van der Waals surface area contributed by atoms with Crippen LogP contribution in [-0.4, -0.2) is 57.2 Å². The van der Waals surface area contributed by atoms with Crippen molar-refractivity contribution >= 4 is 27.8 Å². The van der Waals surface area contributed by atoms with Crippen LogP contribution in [0, 0.1) is 0 Å². The molecule has 0 heterocycles. The van der Waals surface area contributed by atoms with E-state index in [-0.39, 0.29) is 12.5 Å². The molecule has 0 bridgehead atoms. The van der Waals surface area contributed by atoms with Gasteiger partial charge in [-0.2, -0.15) is 0 Å². The predicted octanol–water partition coefficient (Wildman–Crippen LogP) is 2.39. The Morgan fingerprint density at radius 3 is 2.56 bits per heavy atom. The number of aliphatic imine (C=N–C) groups is 1. The SMILES string of the molecule is CCOCCCCNC(=NCc1ccc(Br)cc1)NCC(=O)N(C)C.